The highest BCUT2D eigenvalue weighted by Crippen LogP contribution is 2.57. The van der Waals surface area contributed by atoms with Crippen LogP contribution in [0.4, 0.5) is 23.4 Å². The molecular weight excluding hydrogens is 524 g/mol. The number of alkyl halides is 3. The first-order valence-corrected chi connectivity index (χ1v) is 13.0. The summed E-state index contributed by atoms with van der Waals surface area (Å²) in [7, 11) is 0. The first-order valence-electron chi connectivity index (χ1n) is 12.6. The molecule has 7 rings (SSSR count). The monoisotopic (exact) mass is 548 g/mol. The number of anilines is 1. The highest BCUT2D eigenvalue weighted by atomic mass is 35.5. The quantitative estimate of drug-likeness (QED) is 0.439. The Morgan fingerprint density at radius 2 is 1.82 bits per heavy atom. The third-order valence-corrected chi connectivity index (χ3v) is 8.82. The Labute approximate surface area is 221 Å². The number of aromatic nitrogens is 4. The van der Waals surface area contributed by atoms with E-state index in [2.05, 4.69) is 15.2 Å². The van der Waals surface area contributed by atoms with Gasteiger partial charge in [-0.3, -0.25) is 9.47 Å². The molecule has 3 aromatic rings. The van der Waals surface area contributed by atoms with Crippen molar-refractivity contribution in [1.29, 1.82) is 0 Å². The minimum absolute atomic E-state index is 0.00782. The van der Waals surface area contributed by atoms with E-state index in [0.29, 0.717) is 35.3 Å². The second-order valence-electron chi connectivity index (χ2n) is 11.2. The molecule has 0 unspecified atom stereocenters. The molecule has 1 aliphatic carbocycles. The summed E-state index contributed by atoms with van der Waals surface area (Å²) in [6.45, 7) is 2.51. The summed E-state index contributed by atoms with van der Waals surface area (Å²) in [4.78, 5) is 7.73. The first-order chi connectivity index (χ1) is 18.1. The van der Waals surface area contributed by atoms with E-state index in [4.69, 9.17) is 16.3 Å². The van der Waals surface area contributed by atoms with Crippen LogP contribution < -0.4 is 4.90 Å². The van der Waals surface area contributed by atoms with E-state index in [9.17, 15) is 17.6 Å². The van der Waals surface area contributed by atoms with Crippen molar-refractivity contribution in [3.63, 3.8) is 0 Å². The second kappa shape index (κ2) is 8.12. The molecule has 0 radical (unpaired) electrons. The molecular formula is C26H25ClF4N6O. The van der Waals surface area contributed by atoms with Crippen LogP contribution in [0.25, 0.3) is 5.69 Å². The van der Waals surface area contributed by atoms with Gasteiger partial charge in [-0.25, -0.2) is 9.37 Å². The normalized spacial score (nSPS) is 22.2. The number of nitrogens with zero attached hydrogens (tertiary/aromatic N) is 6. The third kappa shape index (κ3) is 3.51. The molecule has 2 aromatic heterocycles. The molecule has 5 heterocycles. The van der Waals surface area contributed by atoms with Gasteiger partial charge in [0.2, 0.25) is 0 Å². The lowest BCUT2D eigenvalue weighted by Crippen LogP contribution is -2.69. The van der Waals surface area contributed by atoms with Crippen molar-refractivity contribution >= 4 is 17.4 Å². The van der Waals surface area contributed by atoms with Crippen LogP contribution in [0.3, 0.4) is 0 Å². The lowest BCUT2D eigenvalue weighted by molar-refractivity contribution is -0.310. The standard InChI is InChI=1S/C26H25ClF4N6O/c1-15-2-4-19(28)23(32-15)35-11-24(12-35)7-17(8-24)22-34-33-21-10-36(25(13-38-14-25)26(29,30)31)9-16-6-18(27)3-5-20(16)37(21)22/h2-6,17H,7-14H2,1H3. The number of fused-ring (bicyclic) bond motifs is 3. The molecule has 38 heavy (non-hydrogen) atoms. The van der Waals surface area contributed by atoms with E-state index >= 15 is 0 Å². The Morgan fingerprint density at radius 3 is 2.50 bits per heavy atom. The van der Waals surface area contributed by atoms with Crippen LogP contribution in [0.1, 0.15) is 41.7 Å². The maximum absolute atomic E-state index is 14.3. The highest BCUT2D eigenvalue weighted by Gasteiger charge is 2.64. The molecule has 4 aliphatic rings. The zero-order valence-electron chi connectivity index (χ0n) is 20.6. The summed E-state index contributed by atoms with van der Waals surface area (Å²) >= 11 is 6.28. The zero-order valence-corrected chi connectivity index (χ0v) is 21.4. The van der Waals surface area contributed by atoms with Crippen LogP contribution in [-0.4, -0.2) is 62.7 Å². The fourth-order valence-electron chi connectivity index (χ4n) is 6.50. The molecule has 0 bridgehead atoms. The summed E-state index contributed by atoms with van der Waals surface area (Å²) < 4.78 is 63.9. The Morgan fingerprint density at radius 1 is 1.05 bits per heavy atom. The number of pyridine rings is 1. The molecule has 1 saturated carbocycles. The minimum atomic E-state index is -4.45. The average molecular weight is 549 g/mol. The molecule has 0 atom stereocenters. The number of rotatable bonds is 3. The fourth-order valence-corrected chi connectivity index (χ4v) is 6.70. The van der Waals surface area contributed by atoms with E-state index in [1.807, 2.05) is 22.5 Å². The minimum Gasteiger partial charge on any atom is -0.377 e. The largest absolute Gasteiger partial charge is 0.411 e. The molecule has 1 aromatic carbocycles. The lowest BCUT2D eigenvalue weighted by Gasteiger charge is -2.59. The Bertz CT molecular complexity index is 1420. The van der Waals surface area contributed by atoms with Gasteiger partial charge in [-0.15, -0.1) is 10.2 Å². The number of hydrogen-bond acceptors (Lipinski definition) is 6. The predicted molar refractivity (Wildman–Crippen MR) is 131 cm³/mol. The third-order valence-electron chi connectivity index (χ3n) is 8.59. The molecule has 7 nitrogen and oxygen atoms in total. The van der Waals surface area contributed by atoms with Crippen LogP contribution in [-0.2, 0) is 17.8 Å². The maximum Gasteiger partial charge on any atom is 0.411 e. The average Bonchev–Trinajstić information content (AvgIpc) is 3.08. The molecule has 3 aliphatic heterocycles. The zero-order chi connectivity index (χ0) is 26.4. The van der Waals surface area contributed by atoms with Gasteiger partial charge in [-0.2, -0.15) is 13.2 Å². The highest BCUT2D eigenvalue weighted by molar-refractivity contribution is 6.30. The lowest BCUT2D eigenvalue weighted by atomic mass is 9.57. The predicted octanol–water partition coefficient (Wildman–Crippen LogP) is 4.79. The summed E-state index contributed by atoms with van der Waals surface area (Å²) in [5.41, 5.74) is 0.207. The van der Waals surface area contributed by atoms with Crippen molar-refractivity contribution in [2.24, 2.45) is 5.41 Å². The van der Waals surface area contributed by atoms with Gasteiger partial charge in [0.05, 0.1) is 25.4 Å². The van der Waals surface area contributed by atoms with Crippen molar-refractivity contribution in [3.8, 4) is 5.69 Å². The maximum atomic E-state index is 14.3. The summed E-state index contributed by atoms with van der Waals surface area (Å²) in [5, 5.41) is 9.33. The van der Waals surface area contributed by atoms with E-state index in [1.54, 1.807) is 18.2 Å². The summed E-state index contributed by atoms with van der Waals surface area (Å²) in [6, 6.07) is 8.41. The number of hydrogen-bond donors (Lipinski definition) is 0. The fraction of sp³-hybridized carbons (Fsp3) is 0.500. The molecule has 3 fully saturated rings. The number of halogens is 5. The van der Waals surface area contributed by atoms with Crippen molar-refractivity contribution in [2.45, 2.75) is 50.5 Å². The van der Waals surface area contributed by atoms with Crippen molar-refractivity contribution in [1.82, 2.24) is 24.6 Å². The summed E-state index contributed by atoms with van der Waals surface area (Å²) in [6.07, 6.45) is -2.76. The van der Waals surface area contributed by atoms with Gasteiger partial charge in [0.15, 0.2) is 23.0 Å². The number of aryl methyl sites for hydroxylation is 1. The first kappa shape index (κ1) is 24.3. The van der Waals surface area contributed by atoms with E-state index < -0.39 is 24.9 Å². The molecule has 0 amide bonds. The van der Waals surface area contributed by atoms with Crippen molar-refractivity contribution in [2.75, 3.05) is 31.2 Å². The molecule has 0 N–H and O–H groups in total. The van der Waals surface area contributed by atoms with Gasteiger partial charge in [0.1, 0.15) is 5.82 Å². The smallest absolute Gasteiger partial charge is 0.377 e. The van der Waals surface area contributed by atoms with Gasteiger partial charge in [-0.1, -0.05) is 11.6 Å². The van der Waals surface area contributed by atoms with Crippen LogP contribution in [0.5, 0.6) is 0 Å². The van der Waals surface area contributed by atoms with Gasteiger partial charge >= 0.3 is 6.18 Å². The summed E-state index contributed by atoms with van der Waals surface area (Å²) in [5.74, 6) is 1.39. The topological polar surface area (TPSA) is 59.3 Å². The van der Waals surface area contributed by atoms with Crippen LogP contribution in [0.15, 0.2) is 30.3 Å². The second-order valence-corrected chi connectivity index (χ2v) is 11.6. The Balaban J connectivity index is 1.17. The van der Waals surface area contributed by atoms with Crippen LogP contribution in [0, 0.1) is 18.2 Å². The van der Waals surface area contributed by atoms with Gasteiger partial charge < -0.3 is 9.64 Å². The van der Waals surface area contributed by atoms with Crippen molar-refractivity contribution < 1.29 is 22.3 Å². The van der Waals surface area contributed by atoms with E-state index in [0.717, 1.165) is 30.0 Å². The molecule has 2 saturated heterocycles. The molecule has 1 spiro atoms. The Hall–Kier alpha value is -2.76. The van der Waals surface area contributed by atoms with Crippen LogP contribution in [0.2, 0.25) is 5.02 Å². The van der Waals surface area contributed by atoms with E-state index in [1.165, 1.54) is 11.0 Å². The SMILES string of the molecule is Cc1ccc(F)c(N2CC3(CC(c4nnc5n4-c4ccc(Cl)cc4CN(C4(C(F)(F)F)COC4)C5)C3)C2)n1. The van der Waals surface area contributed by atoms with E-state index in [-0.39, 0.29) is 30.2 Å². The van der Waals surface area contributed by atoms with Crippen LogP contribution >= 0.6 is 11.6 Å². The Kier molecular flexibility index (Phi) is 5.19. The number of benzene rings is 1. The molecule has 12 heteroatoms. The molecule has 200 valence electrons. The van der Waals surface area contributed by atoms with Gasteiger partial charge in [-0.05, 0) is 55.7 Å². The number of ether oxygens (including phenoxy) is 1. The van der Waals surface area contributed by atoms with Crippen molar-refractivity contribution in [3.05, 3.63) is 64.1 Å². The van der Waals surface area contributed by atoms with Gasteiger partial charge in [0, 0.05) is 41.7 Å². The van der Waals surface area contributed by atoms with Gasteiger partial charge in [0.25, 0.3) is 0 Å².